The van der Waals surface area contributed by atoms with Gasteiger partial charge in [-0.25, -0.2) is 0 Å². The number of carbonyl (C=O) groups is 1. The maximum atomic E-state index is 12.1. The monoisotopic (exact) mass is 376 g/mol. The van der Waals surface area contributed by atoms with Crippen LogP contribution in [0, 0.1) is 5.92 Å². The molecule has 2 aromatic rings. The summed E-state index contributed by atoms with van der Waals surface area (Å²) in [6.07, 6.45) is 1.79. The first-order valence-electron chi connectivity index (χ1n) is 8.62. The van der Waals surface area contributed by atoms with E-state index in [0.717, 1.165) is 43.1 Å². The van der Waals surface area contributed by atoms with Crippen molar-refractivity contribution in [2.45, 2.75) is 12.8 Å². The van der Waals surface area contributed by atoms with Gasteiger partial charge in [0.1, 0.15) is 11.5 Å². The van der Waals surface area contributed by atoms with E-state index >= 15 is 0 Å². The van der Waals surface area contributed by atoms with E-state index in [-0.39, 0.29) is 24.2 Å². The third kappa shape index (κ3) is 5.73. The molecule has 0 saturated carbocycles. The van der Waals surface area contributed by atoms with E-state index in [4.69, 9.17) is 9.47 Å². The Kier molecular flexibility index (Phi) is 7.91. The molecule has 3 rings (SSSR count). The summed E-state index contributed by atoms with van der Waals surface area (Å²) in [4.78, 5) is 12.1. The average Bonchev–Trinajstić information content (AvgIpc) is 3.18. The van der Waals surface area contributed by atoms with Crippen LogP contribution < -0.4 is 15.4 Å². The Morgan fingerprint density at radius 1 is 1.12 bits per heavy atom. The zero-order valence-corrected chi connectivity index (χ0v) is 15.7. The highest BCUT2D eigenvalue weighted by Gasteiger charge is 2.22. The molecule has 0 aliphatic carbocycles. The zero-order chi connectivity index (χ0) is 17.5. The first kappa shape index (κ1) is 20.2. The molecule has 1 aliphatic heterocycles. The second-order valence-corrected chi connectivity index (χ2v) is 6.19. The number of benzene rings is 2. The highest BCUT2D eigenvalue weighted by Crippen LogP contribution is 2.24. The number of methoxy groups -OCH3 is 1. The van der Waals surface area contributed by atoms with Gasteiger partial charge in [0.15, 0.2) is 0 Å². The maximum Gasteiger partial charge on any atom is 0.228 e. The van der Waals surface area contributed by atoms with Crippen molar-refractivity contribution in [2.24, 2.45) is 5.92 Å². The quantitative estimate of drug-likeness (QED) is 0.774. The molecule has 2 aromatic carbocycles. The second kappa shape index (κ2) is 10.2. The lowest BCUT2D eigenvalue weighted by Crippen LogP contribution is -2.24. The minimum absolute atomic E-state index is 0. The molecule has 6 heteroatoms. The summed E-state index contributed by atoms with van der Waals surface area (Å²) >= 11 is 0. The van der Waals surface area contributed by atoms with Crippen LogP contribution in [0.25, 0.3) is 0 Å². The molecule has 1 aliphatic rings. The molecule has 1 heterocycles. The van der Waals surface area contributed by atoms with Gasteiger partial charge < -0.3 is 20.1 Å². The van der Waals surface area contributed by atoms with Crippen molar-refractivity contribution in [3.63, 3.8) is 0 Å². The van der Waals surface area contributed by atoms with E-state index in [1.807, 2.05) is 48.5 Å². The maximum absolute atomic E-state index is 12.1. The van der Waals surface area contributed by atoms with Crippen LogP contribution >= 0.6 is 12.4 Å². The molecule has 0 bridgehead atoms. The molecule has 26 heavy (non-hydrogen) atoms. The summed E-state index contributed by atoms with van der Waals surface area (Å²) in [6.45, 7) is 2.38. The van der Waals surface area contributed by atoms with Crippen LogP contribution in [-0.4, -0.2) is 32.7 Å². The van der Waals surface area contributed by atoms with Crippen LogP contribution in [0.4, 0.5) is 5.69 Å². The molecule has 1 unspecified atom stereocenters. The third-order valence-corrected chi connectivity index (χ3v) is 4.31. The van der Waals surface area contributed by atoms with Gasteiger partial charge in [-0.1, -0.05) is 12.1 Å². The summed E-state index contributed by atoms with van der Waals surface area (Å²) in [6, 6.07) is 15.4. The van der Waals surface area contributed by atoms with Crippen molar-refractivity contribution in [3.8, 4) is 11.5 Å². The van der Waals surface area contributed by atoms with Gasteiger partial charge in [0, 0.05) is 19.3 Å². The molecule has 0 spiro atoms. The van der Waals surface area contributed by atoms with Crippen molar-refractivity contribution in [3.05, 3.63) is 54.1 Å². The molecule has 5 nitrogen and oxygen atoms in total. The minimum Gasteiger partial charge on any atom is -0.457 e. The fraction of sp³-hybridized carbons (Fsp3) is 0.350. The zero-order valence-electron chi connectivity index (χ0n) is 14.9. The number of anilines is 1. The Morgan fingerprint density at radius 3 is 2.35 bits per heavy atom. The molecule has 1 fully saturated rings. The topological polar surface area (TPSA) is 59.6 Å². The van der Waals surface area contributed by atoms with Crippen LogP contribution in [-0.2, 0) is 16.0 Å². The summed E-state index contributed by atoms with van der Waals surface area (Å²) in [7, 11) is 1.70. The van der Waals surface area contributed by atoms with Crippen molar-refractivity contribution in [1.82, 2.24) is 5.32 Å². The number of rotatable bonds is 7. The number of ether oxygens (including phenoxy) is 2. The van der Waals surface area contributed by atoms with Crippen LogP contribution in [0.5, 0.6) is 11.5 Å². The van der Waals surface area contributed by atoms with Gasteiger partial charge in [0.25, 0.3) is 0 Å². The van der Waals surface area contributed by atoms with Crippen LogP contribution in [0.2, 0.25) is 0 Å². The number of carbonyl (C=O) groups excluding carboxylic acids is 1. The second-order valence-electron chi connectivity index (χ2n) is 6.19. The summed E-state index contributed by atoms with van der Waals surface area (Å²) in [5, 5.41) is 6.16. The van der Waals surface area contributed by atoms with Crippen molar-refractivity contribution < 1.29 is 14.3 Å². The Balaban J connectivity index is 0.00000243. The molecule has 0 aromatic heterocycles. The van der Waals surface area contributed by atoms with Gasteiger partial charge >= 0.3 is 0 Å². The summed E-state index contributed by atoms with van der Waals surface area (Å²) in [5.74, 6) is 1.66. The van der Waals surface area contributed by atoms with E-state index in [2.05, 4.69) is 10.6 Å². The Labute approximate surface area is 160 Å². The molecule has 1 saturated heterocycles. The van der Waals surface area contributed by atoms with Gasteiger partial charge in [-0.15, -0.1) is 12.4 Å². The lowest BCUT2D eigenvalue weighted by molar-refractivity contribution is -0.119. The van der Waals surface area contributed by atoms with Crippen molar-refractivity contribution in [2.75, 3.05) is 32.1 Å². The van der Waals surface area contributed by atoms with Gasteiger partial charge in [0.2, 0.25) is 5.91 Å². The molecule has 1 amide bonds. The van der Waals surface area contributed by atoms with E-state index in [1.165, 1.54) is 5.56 Å². The molecular weight excluding hydrogens is 352 g/mol. The lowest BCUT2D eigenvalue weighted by atomic mass is 10.1. The number of halogens is 1. The van der Waals surface area contributed by atoms with E-state index < -0.39 is 0 Å². The van der Waals surface area contributed by atoms with E-state index in [1.54, 1.807) is 7.11 Å². The summed E-state index contributed by atoms with van der Waals surface area (Å²) < 4.78 is 10.9. The first-order valence-corrected chi connectivity index (χ1v) is 8.62. The largest absolute Gasteiger partial charge is 0.457 e. The van der Waals surface area contributed by atoms with Gasteiger partial charge in [-0.2, -0.15) is 0 Å². The fourth-order valence-corrected chi connectivity index (χ4v) is 2.81. The predicted octanol–water partition coefficient (Wildman–Crippen LogP) is 3.64. The SMILES string of the molecule is COCCc1ccc(Oc2ccc(NC(=O)C3CCNC3)cc2)cc1.Cl. The Bertz CT molecular complexity index is 683. The first-order chi connectivity index (χ1) is 12.2. The standard InChI is InChI=1S/C20H24N2O3.ClH/c1-24-13-11-15-2-6-18(7-3-15)25-19-8-4-17(5-9-19)22-20(23)16-10-12-21-14-16;/h2-9,16,21H,10-14H2,1H3,(H,22,23);1H. The smallest absolute Gasteiger partial charge is 0.228 e. The molecule has 2 N–H and O–H groups in total. The van der Waals surface area contributed by atoms with E-state index in [9.17, 15) is 4.79 Å². The number of amides is 1. The normalized spacial score (nSPS) is 16.0. The summed E-state index contributed by atoms with van der Waals surface area (Å²) in [5.41, 5.74) is 2.01. The Morgan fingerprint density at radius 2 is 1.77 bits per heavy atom. The van der Waals surface area contributed by atoms with Crippen LogP contribution in [0.15, 0.2) is 48.5 Å². The molecule has 1 atom stereocenters. The van der Waals surface area contributed by atoms with Gasteiger partial charge in [-0.3, -0.25) is 4.79 Å². The number of hydrogen-bond acceptors (Lipinski definition) is 4. The highest BCUT2D eigenvalue weighted by atomic mass is 35.5. The van der Waals surface area contributed by atoms with Gasteiger partial charge in [0.05, 0.1) is 12.5 Å². The van der Waals surface area contributed by atoms with Crippen molar-refractivity contribution in [1.29, 1.82) is 0 Å². The number of nitrogens with one attached hydrogen (secondary N) is 2. The molecule has 140 valence electrons. The lowest BCUT2D eigenvalue weighted by Gasteiger charge is -2.11. The highest BCUT2D eigenvalue weighted by molar-refractivity contribution is 5.92. The minimum atomic E-state index is 0. The van der Waals surface area contributed by atoms with Gasteiger partial charge in [-0.05, 0) is 61.3 Å². The predicted molar refractivity (Wildman–Crippen MR) is 105 cm³/mol. The molecular formula is C20H25ClN2O3. The number of hydrogen-bond donors (Lipinski definition) is 2. The van der Waals surface area contributed by atoms with Crippen LogP contribution in [0.1, 0.15) is 12.0 Å². The third-order valence-electron chi connectivity index (χ3n) is 4.31. The Hall–Kier alpha value is -2.08. The molecule has 0 radical (unpaired) electrons. The van der Waals surface area contributed by atoms with E-state index in [0.29, 0.717) is 6.61 Å². The average molecular weight is 377 g/mol. The fourth-order valence-electron chi connectivity index (χ4n) is 2.81. The van der Waals surface area contributed by atoms with Crippen LogP contribution in [0.3, 0.4) is 0 Å². The van der Waals surface area contributed by atoms with Crippen molar-refractivity contribution >= 4 is 24.0 Å².